The van der Waals surface area contributed by atoms with Gasteiger partial charge in [0.1, 0.15) is 5.75 Å². The Hall–Kier alpha value is -2.13. The Balaban J connectivity index is 1.41. The van der Waals surface area contributed by atoms with Crippen LogP contribution in [-0.2, 0) is 21.4 Å². The molecule has 0 unspecified atom stereocenters. The van der Waals surface area contributed by atoms with E-state index in [0.717, 1.165) is 29.8 Å². The van der Waals surface area contributed by atoms with Gasteiger partial charge in [0.25, 0.3) is 0 Å². The van der Waals surface area contributed by atoms with E-state index in [1.165, 1.54) is 10.4 Å². The molecule has 0 aliphatic carbocycles. The minimum atomic E-state index is -3.72. The molecular weight excluding hydrogens is 486 g/mol. The summed E-state index contributed by atoms with van der Waals surface area (Å²) in [5.41, 5.74) is 2.10. The number of ether oxygens (including phenoxy) is 1. The summed E-state index contributed by atoms with van der Waals surface area (Å²) in [7, 11) is -3.72. The first-order chi connectivity index (χ1) is 16.5. The van der Waals surface area contributed by atoms with Crippen molar-refractivity contribution in [2.24, 2.45) is 0 Å². The summed E-state index contributed by atoms with van der Waals surface area (Å²) in [6.45, 7) is 8.03. The van der Waals surface area contributed by atoms with Crippen LogP contribution < -0.4 is 15.4 Å². The van der Waals surface area contributed by atoms with Gasteiger partial charge in [-0.3, -0.25) is 4.79 Å². The summed E-state index contributed by atoms with van der Waals surface area (Å²) in [6, 6.07) is 11.8. The van der Waals surface area contributed by atoms with Crippen LogP contribution >= 0.6 is 11.6 Å². The second-order valence-corrected chi connectivity index (χ2v) is 12.6. The van der Waals surface area contributed by atoms with E-state index in [-0.39, 0.29) is 34.8 Å². The molecule has 0 radical (unpaired) electrons. The molecule has 0 bridgehead atoms. The summed E-state index contributed by atoms with van der Waals surface area (Å²) in [5, 5.41) is 6.97. The highest BCUT2D eigenvalue weighted by Gasteiger charge is 2.37. The van der Waals surface area contributed by atoms with E-state index in [9.17, 15) is 13.2 Å². The molecule has 2 atom stereocenters. The summed E-state index contributed by atoms with van der Waals surface area (Å²) in [4.78, 5) is 13.2. The Kier molecular flexibility index (Phi) is 7.76. The van der Waals surface area contributed by atoms with E-state index in [0.29, 0.717) is 31.0 Å². The van der Waals surface area contributed by atoms with Crippen molar-refractivity contribution in [2.45, 2.75) is 75.5 Å². The van der Waals surface area contributed by atoms with Crippen molar-refractivity contribution in [2.75, 3.05) is 13.2 Å². The van der Waals surface area contributed by atoms with Crippen molar-refractivity contribution in [3.8, 4) is 5.75 Å². The standard InChI is InChI=1S/C26H34ClN3O4S/c1-26(2,3)28-17-18-9-10-22-23(11-13-34-24(22)14-18)29-25(31)16-20-7-5-12-30(20)35(32,33)21-8-4-6-19(27)15-21/h4,6,8-10,14-15,20,23,28H,5,7,11-13,16-17H2,1-3H3,(H,29,31)/t20-,23+/m0/s1. The lowest BCUT2D eigenvalue weighted by atomic mass is 9.98. The molecule has 7 nitrogen and oxygen atoms in total. The Labute approximate surface area is 213 Å². The number of carbonyl (C=O) groups excluding carboxylic acids is 1. The average Bonchev–Trinajstić information content (AvgIpc) is 3.26. The molecule has 2 aliphatic heterocycles. The van der Waals surface area contributed by atoms with Crippen LogP contribution in [0.3, 0.4) is 0 Å². The molecule has 1 saturated heterocycles. The first-order valence-electron chi connectivity index (χ1n) is 12.1. The third kappa shape index (κ3) is 6.36. The maximum Gasteiger partial charge on any atom is 0.243 e. The molecule has 0 aromatic heterocycles. The van der Waals surface area contributed by atoms with Gasteiger partial charge in [-0.25, -0.2) is 8.42 Å². The predicted octanol–water partition coefficient (Wildman–Crippen LogP) is 4.41. The fraction of sp³-hybridized carbons (Fsp3) is 0.500. The quantitative estimate of drug-likeness (QED) is 0.565. The Bertz CT molecular complexity index is 1180. The van der Waals surface area contributed by atoms with Crippen molar-refractivity contribution < 1.29 is 17.9 Å². The van der Waals surface area contributed by atoms with E-state index >= 15 is 0 Å². The van der Waals surface area contributed by atoms with Crippen LogP contribution in [0.5, 0.6) is 5.75 Å². The molecule has 190 valence electrons. The Morgan fingerprint density at radius 3 is 2.71 bits per heavy atom. The number of fused-ring (bicyclic) bond motifs is 1. The van der Waals surface area contributed by atoms with Gasteiger partial charge in [0.15, 0.2) is 0 Å². The number of halogens is 1. The number of hydrogen-bond acceptors (Lipinski definition) is 5. The van der Waals surface area contributed by atoms with Gasteiger partial charge >= 0.3 is 0 Å². The van der Waals surface area contributed by atoms with Gasteiger partial charge in [0, 0.05) is 48.1 Å². The summed E-state index contributed by atoms with van der Waals surface area (Å²) >= 11 is 6.01. The van der Waals surface area contributed by atoms with Gasteiger partial charge in [-0.1, -0.05) is 29.8 Å². The normalized spacial score (nSPS) is 20.8. The van der Waals surface area contributed by atoms with Crippen molar-refractivity contribution in [1.82, 2.24) is 14.9 Å². The van der Waals surface area contributed by atoms with E-state index < -0.39 is 10.0 Å². The minimum Gasteiger partial charge on any atom is -0.493 e. The van der Waals surface area contributed by atoms with Crippen molar-refractivity contribution in [3.63, 3.8) is 0 Å². The zero-order valence-electron chi connectivity index (χ0n) is 20.5. The van der Waals surface area contributed by atoms with Crippen molar-refractivity contribution in [3.05, 3.63) is 58.6 Å². The van der Waals surface area contributed by atoms with Crippen LogP contribution in [-0.4, -0.2) is 43.4 Å². The highest BCUT2D eigenvalue weighted by molar-refractivity contribution is 7.89. The highest BCUT2D eigenvalue weighted by Crippen LogP contribution is 2.34. The fourth-order valence-electron chi connectivity index (χ4n) is 4.62. The molecule has 2 heterocycles. The lowest BCUT2D eigenvalue weighted by Gasteiger charge is -2.29. The summed E-state index contributed by atoms with van der Waals surface area (Å²) in [5.74, 6) is 0.639. The third-order valence-corrected chi connectivity index (χ3v) is 8.61. The zero-order chi connectivity index (χ0) is 25.2. The number of amides is 1. The van der Waals surface area contributed by atoms with E-state index in [2.05, 4.69) is 37.5 Å². The fourth-order valence-corrected chi connectivity index (χ4v) is 6.61. The maximum atomic E-state index is 13.2. The molecule has 35 heavy (non-hydrogen) atoms. The van der Waals surface area contributed by atoms with Crippen LogP contribution in [0.15, 0.2) is 47.4 Å². The molecule has 2 aromatic carbocycles. The third-order valence-electron chi connectivity index (χ3n) is 6.42. The molecule has 2 aromatic rings. The number of sulfonamides is 1. The van der Waals surface area contributed by atoms with Gasteiger partial charge in [-0.2, -0.15) is 4.31 Å². The van der Waals surface area contributed by atoms with Crippen LogP contribution in [0.1, 0.15) is 63.6 Å². The maximum absolute atomic E-state index is 13.2. The first-order valence-corrected chi connectivity index (χ1v) is 13.9. The number of carbonyl (C=O) groups is 1. The van der Waals surface area contributed by atoms with Gasteiger partial charge in [0.2, 0.25) is 15.9 Å². The minimum absolute atomic E-state index is 0.0155. The highest BCUT2D eigenvalue weighted by atomic mass is 35.5. The predicted molar refractivity (Wildman–Crippen MR) is 137 cm³/mol. The molecule has 4 rings (SSSR count). The molecule has 2 N–H and O–H groups in total. The summed E-state index contributed by atoms with van der Waals surface area (Å²) in [6.07, 6.45) is 2.18. The number of benzene rings is 2. The van der Waals surface area contributed by atoms with E-state index in [1.54, 1.807) is 18.2 Å². The van der Waals surface area contributed by atoms with E-state index in [4.69, 9.17) is 16.3 Å². The summed E-state index contributed by atoms with van der Waals surface area (Å²) < 4.78 is 33.7. The van der Waals surface area contributed by atoms with Crippen LogP contribution in [0.2, 0.25) is 5.02 Å². The molecule has 1 fully saturated rings. The molecular formula is C26H34ClN3O4S. The zero-order valence-corrected chi connectivity index (χ0v) is 22.1. The molecule has 0 spiro atoms. The van der Waals surface area contributed by atoms with E-state index in [1.807, 2.05) is 12.1 Å². The smallest absolute Gasteiger partial charge is 0.243 e. The van der Waals surface area contributed by atoms with Gasteiger partial charge in [-0.15, -0.1) is 0 Å². The van der Waals surface area contributed by atoms with Crippen LogP contribution in [0.25, 0.3) is 0 Å². The number of hydrogen-bond donors (Lipinski definition) is 2. The van der Waals surface area contributed by atoms with Crippen molar-refractivity contribution in [1.29, 1.82) is 0 Å². The monoisotopic (exact) mass is 519 g/mol. The number of rotatable bonds is 7. The lowest BCUT2D eigenvalue weighted by Crippen LogP contribution is -2.40. The number of nitrogens with zero attached hydrogens (tertiary/aromatic N) is 1. The van der Waals surface area contributed by atoms with Crippen LogP contribution in [0, 0.1) is 0 Å². The average molecular weight is 520 g/mol. The molecule has 9 heteroatoms. The topological polar surface area (TPSA) is 87.7 Å². The van der Waals surface area contributed by atoms with Gasteiger partial charge in [0.05, 0.1) is 17.5 Å². The molecule has 0 saturated carbocycles. The van der Waals surface area contributed by atoms with Gasteiger partial charge < -0.3 is 15.4 Å². The molecule has 1 amide bonds. The molecule has 2 aliphatic rings. The second kappa shape index (κ2) is 10.5. The lowest BCUT2D eigenvalue weighted by molar-refractivity contribution is -0.122. The largest absolute Gasteiger partial charge is 0.493 e. The van der Waals surface area contributed by atoms with Gasteiger partial charge in [-0.05, 0) is 63.4 Å². The second-order valence-electron chi connectivity index (χ2n) is 10.3. The Morgan fingerprint density at radius 1 is 1.17 bits per heavy atom. The van der Waals surface area contributed by atoms with Crippen LogP contribution in [0.4, 0.5) is 0 Å². The van der Waals surface area contributed by atoms with Crippen molar-refractivity contribution >= 4 is 27.5 Å². The SMILES string of the molecule is CC(C)(C)NCc1ccc2c(c1)OCC[C@H]2NC(=O)C[C@@H]1CCCN1S(=O)(=O)c1cccc(Cl)c1. The number of nitrogens with one attached hydrogen (secondary N) is 2. The Morgan fingerprint density at radius 2 is 1.97 bits per heavy atom. The first kappa shape index (κ1) is 25.9.